The summed E-state index contributed by atoms with van der Waals surface area (Å²) in [6, 6.07) is 4.91. The van der Waals surface area contributed by atoms with E-state index in [9.17, 15) is 14.0 Å². The van der Waals surface area contributed by atoms with Crippen LogP contribution >= 0.6 is 0 Å². The lowest BCUT2D eigenvalue weighted by atomic mass is 10.2. The topological polar surface area (TPSA) is 83.1 Å². The zero-order valence-corrected chi connectivity index (χ0v) is 16.2. The molecule has 2 aliphatic rings. The summed E-state index contributed by atoms with van der Waals surface area (Å²) in [7, 11) is 2.04. The molecular formula is C19H27FN4O4. The first-order valence-electron chi connectivity index (χ1n) is 9.50. The van der Waals surface area contributed by atoms with E-state index in [1.165, 1.54) is 24.0 Å². The number of amides is 2. The van der Waals surface area contributed by atoms with Crippen LogP contribution in [0.3, 0.4) is 0 Å². The van der Waals surface area contributed by atoms with Gasteiger partial charge in [-0.05, 0) is 32.1 Å². The van der Waals surface area contributed by atoms with Crippen molar-refractivity contribution in [1.29, 1.82) is 0 Å². The van der Waals surface area contributed by atoms with E-state index in [2.05, 4.69) is 15.5 Å². The van der Waals surface area contributed by atoms with Crippen molar-refractivity contribution in [3.05, 3.63) is 24.0 Å². The van der Waals surface area contributed by atoms with Crippen molar-refractivity contribution in [3.8, 4) is 5.75 Å². The number of ether oxygens (including phenoxy) is 2. The van der Waals surface area contributed by atoms with Gasteiger partial charge < -0.3 is 20.1 Å². The molecule has 9 heteroatoms. The second kappa shape index (κ2) is 9.20. The maximum Gasteiger partial charge on any atom is 0.414 e. The lowest BCUT2D eigenvalue weighted by Gasteiger charge is -2.23. The van der Waals surface area contributed by atoms with Crippen molar-refractivity contribution in [3.63, 3.8) is 0 Å². The smallest absolute Gasteiger partial charge is 0.414 e. The summed E-state index contributed by atoms with van der Waals surface area (Å²) in [5, 5.41) is 5.93. The lowest BCUT2D eigenvalue weighted by Crippen LogP contribution is -2.36. The third kappa shape index (κ3) is 5.11. The zero-order valence-electron chi connectivity index (χ0n) is 16.2. The van der Waals surface area contributed by atoms with Crippen LogP contribution in [0.5, 0.6) is 5.75 Å². The van der Waals surface area contributed by atoms with Crippen LogP contribution in [0.2, 0.25) is 0 Å². The Morgan fingerprint density at radius 3 is 3.00 bits per heavy atom. The van der Waals surface area contributed by atoms with Gasteiger partial charge in [0, 0.05) is 32.1 Å². The van der Waals surface area contributed by atoms with Crippen molar-refractivity contribution in [2.24, 2.45) is 0 Å². The van der Waals surface area contributed by atoms with E-state index < -0.39 is 18.0 Å². The molecule has 2 aliphatic heterocycles. The number of anilines is 1. The molecule has 2 N–H and O–H groups in total. The average Bonchev–Trinajstić information content (AvgIpc) is 3.31. The molecule has 2 saturated heterocycles. The number of carbonyl (C=O) groups excluding carboxylic acids is 2. The monoisotopic (exact) mass is 394 g/mol. The van der Waals surface area contributed by atoms with Crippen LogP contribution in [0.25, 0.3) is 0 Å². The van der Waals surface area contributed by atoms with E-state index in [1.54, 1.807) is 6.07 Å². The number of nitrogens with one attached hydrogen (secondary N) is 2. The summed E-state index contributed by atoms with van der Waals surface area (Å²) in [6.45, 7) is 4.95. The van der Waals surface area contributed by atoms with Crippen molar-refractivity contribution in [2.75, 3.05) is 51.3 Å². The number of rotatable bonds is 8. The van der Waals surface area contributed by atoms with Gasteiger partial charge in [-0.25, -0.2) is 9.18 Å². The van der Waals surface area contributed by atoms with Crippen LogP contribution in [0, 0.1) is 5.82 Å². The summed E-state index contributed by atoms with van der Waals surface area (Å²) in [4.78, 5) is 26.6. The quantitative estimate of drug-likeness (QED) is 0.684. The minimum atomic E-state index is -0.560. The SMILES string of the molecule is CC(=O)NC[C@H]1CN(c2ccc(OCCN(C)[C@H]3CCNC3)c(F)c2)C(=O)O1. The van der Waals surface area contributed by atoms with Gasteiger partial charge in [0.05, 0.1) is 18.8 Å². The van der Waals surface area contributed by atoms with E-state index in [0.29, 0.717) is 24.9 Å². The Morgan fingerprint density at radius 1 is 1.50 bits per heavy atom. The molecular weight excluding hydrogens is 367 g/mol. The summed E-state index contributed by atoms with van der Waals surface area (Å²) < 4.78 is 25.2. The number of halogens is 1. The van der Waals surface area contributed by atoms with Crippen LogP contribution in [0.15, 0.2) is 18.2 Å². The minimum Gasteiger partial charge on any atom is -0.489 e. The Hall–Kier alpha value is -2.39. The molecule has 1 aromatic carbocycles. The van der Waals surface area contributed by atoms with Gasteiger partial charge in [-0.3, -0.25) is 14.6 Å². The van der Waals surface area contributed by atoms with Crippen molar-refractivity contribution in [1.82, 2.24) is 15.5 Å². The Morgan fingerprint density at radius 2 is 2.32 bits per heavy atom. The van der Waals surface area contributed by atoms with E-state index >= 15 is 0 Å². The average molecular weight is 394 g/mol. The molecule has 0 unspecified atom stereocenters. The summed E-state index contributed by atoms with van der Waals surface area (Å²) >= 11 is 0. The Labute approximate surface area is 163 Å². The number of hydrogen-bond donors (Lipinski definition) is 2. The highest BCUT2D eigenvalue weighted by Crippen LogP contribution is 2.27. The molecule has 2 atom stereocenters. The molecule has 3 rings (SSSR count). The molecule has 0 spiro atoms. The highest BCUT2D eigenvalue weighted by Gasteiger charge is 2.32. The lowest BCUT2D eigenvalue weighted by molar-refractivity contribution is -0.119. The van der Waals surface area contributed by atoms with Crippen LogP contribution in [0.4, 0.5) is 14.9 Å². The zero-order chi connectivity index (χ0) is 20.1. The molecule has 2 fully saturated rings. The molecule has 0 radical (unpaired) electrons. The van der Waals surface area contributed by atoms with Crippen molar-refractivity contribution < 1.29 is 23.5 Å². The molecule has 0 aromatic heterocycles. The highest BCUT2D eigenvalue weighted by molar-refractivity contribution is 5.89. The predicted molar refractivity (Wildman–Crippen MR) is 102 cm³/mol. The molecule has 8 nitrogen and oxygen atoms in total. The number of cyclic esters (lactones) is 1. The third-order valence-electron chi connectivity index (χ3n) is 5.04. The van der Waals surface area contributed by atoms with Gasteiger partial charge in [-0.2, -0.15) is 0 Å². The molecule has 2 amide bonds. The van der Waals surface area contributed by atoms with Gasteiger partial charge in [0.1, 0.15) is 12.7 Å². The van der Waals surface area contributed by atoms with Crippen LogP contribution in [0.1, 0.15) is 13.3 Å². The first kappa shape index (κ1) is 20.3. The second-order valence-electron chi connectivity index (χ2n) is 7.14. The number of benzene rings is 1. The Balaban J connectivity index is 1.52. The maximum absolute atomic E-state index is 14.4. The van der Waals surface area contributed by atoms with Gasteiger partial charge >= 0.3 is 6.09 Å². The second-order valence-corrected chi connectivity index (χ2v) is 7.14. The summed E-state index contributed by atoms with van der Waals surface area (Å²) in [5.74, 6) is -0.568. The van der Waals surface area contributed by atoms with Crippen molar-refractivity contribution in [2.45, 2.75) is 25.5 Å². The van der Waals surface area contributed by atoms with Gasteiger partial charge in [0.25, 0.3) is 0 Å². The van der Waals surface area contributed by atoms with E-state index in [4.69, 9.17) is 9.47 Å². The van der Waals surface area contributed by atoms with Crippen LogP contribution < -0.4 is 20.3 Å². The molecule has 2 heterocycles. The standard InChI is InChI=1S/C19H27FN4O4/c1-13(25)22-11-16-12-24(19(26)28-16)14-3-4-18(17(20)9-14)27-8-7-23(2)15-5-6-21-10-15/h3-4,9,15-16,21H,5-8,10-12H2,1-2H3,(H,22,25)/t15-,16-/m0/s1. The highest BCUT2D eigenvalue weighted by atomic mass is 19.1. The Bertz CT molecular complexity index is 711. The van der Waals surface area contributed by atoms with Crippen LogP contribution in [-0.4, -0.2) is 75.4 Å². The fraction of sp³-hybridized carbons (Fsp3) is 0.579. The molecule has 0 aliphatic carbocycles. The van der Waals surface area contributed by atoms with Gasteiger partial charge in [-0.15, -0.1) is 0 Å². The minimum absolute atomic E-state index is 0.157. The summed E-state index contributed by atoms with van der Waals surface area (Å²) in [6.07, 6.45) is 0.0836. The van der Waals surface area contributed by atoms with Crippen molar-refractivity contribution >= 4 is 17.7 Å². The number of nitrogens with zero attached hydrogens (tertiary/aromatic N) is 2. The molecule has 28 heavy (non-hydrogen) atoms. The van der Waals surface area contributed by atoms with Gasteiger partial charge in [0.2, 0.25) is 5.91 Å². The molecule has 0 saturated carbocycles. The largest absolute Gasteiger partial charge is 0.489 e. The fourth-order valence-corrected chi connectivity index (χ4v) is 3.37. The first-order valence-corrected chi connectivity index (χ1v) is 9.50. The molecule has 154 valence electrons. The van der Waals surface area contributed by atoms with E-state index in [1.807, 2.05) is 7.05 Å². The maximum atomic E-state index is 14.4. The van der Waals surface area contributed by atoms with Gasteiger partial charge in [-0.1, -0.05) is 0 Å². The Kier molecular flexibility index (Phi) is 6.69. The number of carbonyl (C=O) groups is 2. The van der Waals surface area contributed by atoms with E-state index in [0.717, 1.165) is 19.5 Å². The molecule has 1 aromatic rings. The fourth-order valence-electron chi connectivity index (χ4n) is 3.37. The van der Waals surface area contributed by atoms with E-state index in [-0.39, 0.29) is 24.7 Å². The normalized spacial score (nSPS) is 21.9. The number of likely N-dealkylation sites (N-methyl/N-ethyl adjacent to an activating group) is 1. The number of hydrogen-bond acceptors (Lipinski definition) is 6. The van der Waals surface area contributed by atoms with Gasteiger partial charge in [0.15, 0.2) is 11.6 Å². The predicted octanol–water partition coefficient (Wildman–Crippen LogP) is 0.959. The van der Waals surface area contributed by atoms with Crippen LogP contribution in [-0.2, 0) is 9.53 Å². The summed E-state index contributed by atoms with van der Waals surface area (Å²) in [5.41, 5.74) is 0.398. The third-order valence-corrected chi connectivity index (χ3v) is 5.04. The first-order chi connectivity index (χ1) is 13.4. The molecule has 0 bridgehead atoms.